The van der Waals surface area contributed by atoms with Gasteiger partial charge in [0.1, 0.15) is 6.54 Å². The van der Waals surface area contributed by atoms with Gasteiger partial charge in [0, 0.05) is 18.8 Å². The maximum atomic E-state index is 11.9. The highest BCUT2D eigenvalue weighted by Crippen LogP contribution is 2.08. The van der Waals surface area contributed by atoms with Crippen molar-refractivity contribution >= 4 is 11.9 Å². The van der Waals surface area contributed by atoms with E-state index in [2.05, 4.69) is 19.1 Å². The molecule has 1 unspecified atom stereocenters. The van der Waals surface area contributed by atoms with Gasteiger partial charge in [-0.2, -0.15) is 0 Å². The summed E-state index contributed by atoms with van der Waals surface area (Å²) in [6, 6.07) is 0. The third kappa shape index (κ3) is 17.0. The number of quaternary nitrogens is 1. The molecule has 26 heavy (non-hydrogen) atoms. The van der Waals surface area contributed by atoms with Crippen LogP contribution in [0.15, 0.2) is 36.5 Å². The molecule has 0 aliphatic carbocycles. The summed E-state index contributed by atoms with van der Waals surface area (Å²) in [4.78, 5) is 22.7. The predicted molar refractivity (Wildman–Crippen MR) is 103 cm³/mol. The second-order valence-corrected chi connectivity index (χ2v) is 7.44. The van der Waals surface area contributed by atoms with Crippen LogP contribution in [0.25, 0.3) is 0 Å². The monoisotopic (exact) mass is 365 g/mol. The van der Waals surface area contributed by atoms with Gasteiger partial charge in [0.05, 0.1) is 21.1 Å². The van der Waals surface area contributed by atoms with Crippen molar-refractivity contribution in [2.75, 3.05) is 27.7 Å². The lowest BCUT2D eigenvalue weighted by Crippen LogP contribution is -2.45. The Morgan fingerprint density at radius 2 is 1.62 bits per heavy atom. The Hall–Kier alpha value is -1.88. The van der Waals surface area contributed by atoms with Crippen LogP contribution in [0.1, 0.15) is 51.9 Å². The molecule has 1 atom stereocenters. The van der Waals surface area contributed by atoms with Gasteiger partial charge in [-0.15, -0.1) is 0 Å². The Bertz CT molecular complexity index is 487. The topological polar surface area (TPSA) is 66.4 Å². The lowest BCUT2D eigenvalue weighted by molar-refractivity contribution is -0.873. The number of rotatable bonds is 14. The molecule has 0 radical (unpaired) electrons. The first-order valence-corrected chi connectivity index (χ1v) is 9.42. The van der Waals surface area contributed by atoms with Crippen molar-refractivity contribution in [3.05, 3.63) is 36.5 Å². The van der Waals surface area contributed by atoms with Gasteiger partial charge < -0.3 is 19.1 Å². The molecule has 0 saturated carbocycles. The van der Waals surface area contributed by atoms with Crippen molar-refractivity contribution in [2.45, 2.75) is 58.0 Å². The lowest BCUT2D eigenvalue weighted by Gasteiger charge is -2.29. The Labute approximate surface area is 158 Å². The second kappa shape index (κ2) is 14.3. The van der Waals surface area contributed by atoms with Gasteiger partial charge in [-0.1, -0.05) is 49.8 Å². The normalized spacial score (nSPS) is 13.7. The number of aliphatic carboxylic acids is 1. The molecule has 148 valence electrons. The van der Waals surface area contributed by atoms with E-state index in [1.54, 1.807) is 0 Å². The first-order valence-electron chi connectivity index (χ1n) is 9.42. The summed E-state index contributed by atoms with van der Waals surface area (Å²) >= 11 is 0. The number of carbonyl (C=O) groups is 2. The van der Waals surface area contributed by atoms with Gasteiger partial charge in [0.2, 0.25) is 0 Å². The Kier molecular flexibility index (Phi) is 13.3. The zero-order chi connectivity index (χ0) is 19.8. The lowest BCUT2D eigenvalue weighted by atomic mass is 10.2. The maximum Gasteiger partial charge on any atom is 0.306 e. The minimum absolute atomic E-state index is 0.261. The van der Waals surface area contributed by atoms with E-state index in [-0.39, 0.29) is 12.4 Å². The van der Waals surface area contributed by atoms with E-state index in [0.717, 1.165) is 32.1 Å². The fraction of sp³-hybridized carbons (Fsp3) is 0.619. The van der Waals surface area contributed by atoms with Crippen LogP contribution in [-0.2, 0) is 14.3 Å². The number of carboxylic acids is 1. The SMILES string of the molecule is CCC/C=C/C=C/C=C/CCCCC(=O)OC(CC(=O)[O-])C[N+](C)(C)C. The molecule has 0 fully saturated rings. The molecule has 0 spiro atoms. The molecule has 5 nitrogen and oxygen atoms in total. The van der Waals surface area contributed by atoms with Gasteiger partial charge in [0.25, 0.3) is 0 Å². The van der Waals surface area contributed by atoms with Crippen molar-refractivity contribution in [3.8, 4) is 0 Å². The van der Waals surface area contributed by atoms with Gasteiger partial charge >= 0.3 is 5.97 Å². The fourth-order valence-corrected chi connectivity index (χ4v) is 2.36. The number of nitrogens with zero attached hydrogens (tertiary/aromatic N) is 1. The number of carbonyl (C=O) groups excluding carboxylic acids is 2. The largest absolute Gasteiger partial charge is 0.550 e. The molecule has 0 saturated heterocycles. The first-order chi connectivity index (χ1) is 12.2. The average molecular weight is 366 g/mol. The molecule has 0 aliphatic heterocycles. The van der Waals surface area contributed by atoms with Gasteiger partial charge in [-0.05, 0) is 25.7 Å². The van der Waals surface area contributed by atoms with E-state index >= 15 is 0 Å². The minimum Gasteiger partial charge on any atom is -0.550 e. The van der Waals surface area contributed by atoms with E-state index in [1.807, 2.05) is 45.4 Å². The highest BCUT2D eigenvalue weighted by atomic mass is 16.5. The maximum absolute atomic E-state index is 11.9. The molecule has 0 rings (SSSR count). The molecular formula is C21H35NO4. The number of hydrogen-bond donors (Lipinski definition) is 0. The summed E-state index contributed by atoms with van der Waals surface area (Å²) in [5, 5.41) is 10.8. The molecular weight excluding hydrogens is 330 g/mol. The molecule has 0 bridgehead atoms. The molecule has 0 aromatic rings. The number of esters is 1. The molecule has 0 N–H and O–H groups in total. The number of unbranched alkanes of at least 4 members (excludes halogenated alkanes) is 3. The van der Waals surface area contributed by atoms with Crippen molar-refractivity contribution in [3.63, 3.8) is 0 Å². The quantitative estimate of drug-likeness (QED) is 0.205. The smallest absolute Gasteiger partial charge is 0.306 e. The Morgan fingerprint density at radius 3 is 2.15 bits per heavy atom. The van der Waals surface area contributed by atoms with Crippen LogP contribution in [0.5, 0.6) is 0 Å². The molecule has 0 heterocycles. The molecule has 0 aromatic heterocycles. The van der Waals surface area contributed by atoms with E-state index in [1.165, 1.54) is 0 Å². The van der Waals surface area contributed by atoms with Crippen LogP contribution in [0.2, 0.25) is 0 Å². The van der Waals surface area contributed by atoms with Gasteiger partial charge in [0.15, 0.2) is 6.10 Å². The number of hydrogen-bond acceptors (Lipinski definition) is 4. The van der Waals surface area contributed by atoms with E-state index in [0.29, 0.717) is 17.4 Å². The number of carboxylic acid groups (broad SMARTS) is 1. The Morgan fingerprint density at radius 1 is 1.00 bits per heavy atom. The van der Waals surface area contributed by atoms with Crippen LogP contribution >= 0.6 is 0 Å². The summed E-state index contributed by atoms with van der Waals surface area (Å²) < 4.78 is 5.84. The highest BCUT2D eigenvalue weighted by molar-refractivity contribution is 5.70. The Balaban J connectivity index is 4.00. The predicted octanol–water partition coefficient (Wildman–Crippen LogP) is 2.77. The van der Waals surface area contributed by atoms with Gasteiger partial charge in [-0.3, -0.25) is 4.79 Å². The third-order valence-corrected chi connectivity index (χ3v) is 3.51. The van der Waals surface area contributed by atoms with Crippen molar-refractivity contribution in [2.24, 2.45) is 0 Å². The molecule has 5 heteroatoms. The summed E-state index contributed by atoms with van der Waals surface area (Å²) in [5.74, 6) is -1.53. The standard InChI is InChI=1S/C21H35NO4/c1-5-6-7-8-9-10-11-12-13-14-15-16-21(25)26-19(17-20(23)24)18-22(2,3)4/h7-12,19H,5-6,13-18H2,1-4H3/b8-7+,10-9+,12-11+. The second-order valence-electron chi connectivity index (χ2n) is 7.44. The van der Waals surface area contributed by atoms with Crippen LogP contribution < -0.4 is 5.11 Å². The zero-order valence-corrected chi connectivity index (χ0v) is 16.8. The number of likely N-dealkylation sites (N-methyl/N-ethyl adjacent to an activating group) is 1. The number of ether oxygens (including phenoxy) is 1. The highest BCUT2D eigenvalue weighted by Gasteiger charge is 2.22. The van der Waals surface area contributed by atoms with E-state index in [4.69, 9.17) is 4.74 Å². The van der Waals surface area contributed by atoms with Crippen LogP contribution in [0.3, 0.4) is 0 Å². The van der Waals surface area contributed by atoms with E-state index < -0.39 is 12.1 Å². The summed E-state index contributed by atoms with van der Waals surface area (Å²) in [7, 11) is 5.78. The summed E-state index contributed by atoms with van der Waals surface area (Å²) in [6.07, 6.45) is 16.5. The zero-order valence-electron chi connectivity index (χ0n) is 16.8. The molecule has 0 amide bonds. The number of allylic oxidation sites excluding steroid dienone is 6. The van der Waals surface area contributed by atoms with Crippen molar-refractivity contribution in [1.82, 2.24) is 0 Å². The van der Waals surface area contributed by atoms with Crippen LogP contribution in [-0.4, -0.2) is 50.2 Å². The summed E-state index contributed by atoms with van der Waals surface area (Å²) in [5.41, 5.74) is 0. The third-order valence-electron chi connectivity index (χ3n) is 3.51. The summed E-state index contributed by atoms with van der Waals surface area (Å²) in [6.45, 7) is 2.60. The fourth-order valence-electron chi connectivity index (χ4n) is 2.36. The first kappa shape index (κ1) is 24.1. The van der Waals surface area contributed by atoms with Crippen LogP contribution in [0, 0.1) is 0 Å². The molecule has 0 aromatic carbocycles. The van der Waals surface area contributed by atoms with Crippen molar-refractivity contribution < 1.29 is 23.9 Å². The van der Waals surface area contributed by atoms with Crippen LogP contribution in [0.4, 0.5) is 0 Å². The molecule has 0 aliphatic rings. The van der Waals surface area contributed by atoms with E-state index in [9.17, 15) is 14.7 Å². The average Bonchev–Trinajstić information content (AvgIpc) is 2.50. The minimum atomic E-state index is -1.20. The van der Waals surface area contributed by atoms with Gasteiger partial charge in [-0.25, -0.2) is 0 Å². The van der Waals surface area contributed by atoms with Crippen molar-refractivity contribution in [1.29, 1.82) is 0 Å².